The molecule has 0 spiro atoms. The van der Waals surface area contributed by atoms with Gasteiger partial charge in [0.1, 0.15) is 21.3 Å². The van der Waals surface area contributed by atoms with Crippen LogP contribution in [0.5, 0.6) is 23.1 Å². The second-order valence-electron chi connectivity index (χ2n) is 8.53. The van der Waals surface area contributed by atoms with Crippen molar-refractivity contribution in [3.05, 3.63) is 97.8 Å². The molecule has 2 aliphatic rings. The van der Waals surface area contributed by atoms with Crippen LogP contribution < -0.4 is 19.8 Å². The number of halogens is 1. The van der Waals surface area contributed by atoms with E-state index in [1.165, 1.54) is 15.4 Å². The summed E-state index contributed by atoms with van der Waals surface area (Å²) in [6.07, 6.45) is 3.11. The molecule has 0 bridgehead atoms. The molecule has 1 fully saturated rings. The fourth-order valence-electron chi connectivity index (χ4n) is 4.07. The SMILES string of the molecule is Cc1cc(Oc2nc3ccccn3c(=O)c2/C=C2/SC(=S)N(Cc3ccc4c(c3)OCO4)C2=O)ccc1Cl. The van der Waals surface area contributed by atoms with Gasteiger partial charge in [0.15, 0.2) is 11.5 Å². The number of aryl methyl sites for hydroxylation is 1. The summed E-state index contributed by atoms with van der Waals surface area (Å²) in [7, 11) is 0. The molecule has 6 rings (SSSR count). The molecule has 1 amide bonds. The fraction of sp³-hybridized carbons (Fsp3) is 0.111. The molecule has 2 aromatic carbocycles. The first-order valence-corrected chi connectivity index (χ1v) is 13.1. The van der Waals surface area contributed by atoms with E-state index in [2.05, 4.69) is 4.98 Å². The van der Waals surface area contributed by atoms with Gasteiger partial charge in [0.25, 0.3) is 11.5 Å². The van der Waals surface area contributed by atoms with Crippen LogP contribution in [-0.2, 0) is 11.3 Å². The first-order valence-electron chi connectivity index (χ1n) is 11.5. The molecule has 4 heterocycles. The van der Waals surface area contributed by atoms with E-state index in [1.54, 1.807) is 48.7 Å². The van der Waals surface area contributed by atoms with Crippen LogP contribution in [0.4, 0.5) is 0 Å². The lowest BCUT2D eigenvalue weighted by atomic mass is 10.2. The molecule has 2 aliphatic heterocycles. The lowest BCUT2D eigenvalue weighted by Gasteiger charge is -2.14. The molecule has 0 atom stereocenters. The van der Waals surface area contributed by atoms with Crippen molar-refractivity contribution in [2.45, 2.75) is 13.5 Å². The molecule has 2 aromatic heterocycles. The summed E-state index contributed by atoms with van der Waals surface area (Å²) in [6.45, 7) is 2.27. The molecule has 4 aromatic rings. The lowest BCUT2D eigenvalue weighted by Crippen LogP contribution is -2.27. The summed E-state index contributed by atoms with van der Waals surface area (Å²) < 4.78 is 18.6. The van der Waals surface area contributed by atoms with Crippen molar-refractivity contribution in [2.75, 3.05) is 6.79 Å². The van der Waals surface area contributed by atoms with E-state index in [1.807, 2.05) is 19.1 Å². The van der Waals surface area contributed by atoms with Crippen LogP contribution in [0.25, 0.3) is 11.7 Å². The van der Waals surface area contributed by atoms with Gasteiger partial charge in [-0.3, -0.25) is 18.9 Å². The molecule has 190 valence electrons. The maximum Gasteiger partial charge on any atom is 0.269 e. The summed E-state index contributed by atoms with van der Waals surface area (Å²) in [5.74, 6) is 1.50. The largest absolute Gasteiger partial charge is 0.454 e. The number of amides is 1. The van der Waals surface area contributed by atoms with Crippen LogP contribution in [0.2, 0.25) is 5.02 Å². The molecule has 1 saturated heterocycles. The maximum absolute atomic E-state index is 13.5. The number of fused-ring (bicyclic) bond motifs is 2. The number of carbonyl (C=O) groups excluding carboxylic acids is 1. The number of aromatic nitrogens is 2. The van der Waals surface area contributed by atoms with Crippen LogP contribution in [0.1, 0.15) is 16.7 Å². The van der Waals surface area contributed by atoms with Gasteiger partial charge in [0.05, 0.1) is 11.4 Å². The third kappa shape index (κ3) is 4.51. The van der Waals surface area contributed by atoms with E-state index in [-0.39, 0.29) is 36.2 Å². The van der Waals surface area contributed by atoms with Crippen LogP contribution in [0.15, 0.2) is 70.5 Å². The number of rotatable bonds is 5. The van der Waals surface area contributed by atoms with Crippen molar-refractivity contribution in [1.82, 2.24) is 14.3 Å². The minimum atomic E-state index is -0.377. The number of pyridine rings is 1. The summed E-state index contributed by atoms with van der Waals surface area (Å²) >= 11 is 12.8. The molecule has 0 aliphatic carbocycles. The number of thiocarbonyl (C=S) groups is 1. The Kier molecular flexibility index (Phi) is 6.30. The van der Waals surface area contributed by atoms with E-state index in [0.29, 0.717) is 37.1 Å². The maximum atomic E-state index is 13.5. The Morgan fingerprint density at radius 1 is 1.13 bits per heavy atom. The van der Waals surface area contributed by atoms with Crippen LogP contribution in [0, 0.1) is 6.92 Å². The molecule has 0 unspecified atom stereocenters. The Labute approximate surface area is 231 Å². The Hall–Kier alpha value is -3.86. The summed E-state index contributed by atoms with van der Waals surface area (Å²) in [5, 5.41) is 0.593. The standard InChI is InChI=1S/C27H18ClN3O5S2/c1-15-10-17(6-7-19(15)28)36-24-18(25(32)30-9-3-2-4-23(30)29-24)12-22-26(33)31(27(37)38-22)13-16-5-8-20-21(11-16)35-14-34-20/h2-12H,13-14H2,1H3/b22-12+. The molecule has 0 saturated carbocycles. The van der Waals surface area contributed by atoms with E-state index in [4.69, 9.17) is 38.0 Å². The third-order valence-electron chi connectivity index (χ3n) is 6.00. The van der Waals surface area contributed by atoms with Crippen molar-refractivity contribution in [2.24, 2.45) is 0 Å². The molecular formula is C27H18ClN3O5S2. The van der Waals surface area contributed by atoms with Gasteiger partial charge < -0.3 is 14.2 Å². The van der Waals surface area contributed by atoms with Crippen LogP contribution in [-0.4, -0.2) is 31.3 Å². The van der Waals surface area contributed by atoms with Gasteiger partial charge in [-0.2, -0.15) is 4.98 Å². The van der Waals surface area contributed by atoms with Crippen molar-refractivity contribution in [3.63, 3.8) is 0 Å². The molecule has 38 heavy (non-hydrogen) atoms. The van der Waals surface area contributed by atoms with Crippen molar-refractivity contribution >= 4 is 57.5 Å². The lowest BCUT2D eigenvalue weighted by molar-refractivity contribution is -0.122. The van der Waals surface area contributed by atoms with E-state index < -0.39 is 0 Å². The zero-order valence-corrected chi connectivity index (χ0v) is 22.2. The fourth-order valence-corrected chi connectivity index (χ4v) is 5.42. The van der Waals surface area contributed by atoms with Crippen LogP contribution in [0.3, 0.4) is 0 Å². The van der Waals surface area contributed by atoms with Crippen LogP contribution >= 0.6 is 35.6 Å². The minimum Gasteiger partial charge on any atom is -0.454 e. The second-order valence-corrected chi connectivity index (χ2v) is 10.6. The van der Waals surface area contributed by atoms with Gasteiger partial charge in [-0.05, 0) is 66.6 Å². The summed E-state index contributed by atoms with van der Waals surface area (Å²) in [6, 6.07) is 15.8. The predicted molar refractivity (Wildman–Crippen MR) is 149 cm³/mol. The smallest absolute Gasteiger partial charge is 0.269 e. The Bertz CT molecular complexity index is 1740. The van der Waals surface area contributed by atoms with E-state index in [9.17, 15) is 9.59 Å². The number of nitrogens with zero attached hydrogens (tertiary/aromatic N) is 3. The third-order valence-corrected chi connectivity index (χ3v) is 7.81. The first kappa shape index (κ1) is 24.5. The molecule has 0 radical (unpaired) electrons. The van der Waals surface area contributed by atoms with E-state index in [0.717, 1.165) is 22.9 Å². The topological polar surface area (TPSA) is 82.4 Å². The molecular weight excluding hydrogens is 546 g/mol. The number of hydrogen-bond acceptors (Lipinski definition) is 8. The summed E-state index contributed by atoms with van der Waals surface area (Å²) in [4.78, 5) is 33.2. The normalized spacial score (nSPS) is 15.6. The van der Waals surface area contributed by atoms with Crippen molar-refractivity contribution < 1.29 is 19.0 Å². The molecule has 11 heteroatoms. The average molecular weight is 564 g/mol. The Morgan fingerprint density at radius 2 is 1.97 bits per heavy atom. The highest BCUT2D eigenvalue weighted by molar-refractivity contribution is 8.26. The second kappa shape index (κ2) is 9.79. The zero-order valence-electron chi connectivity index (χ0n) is 19.8. The average Bonchev–Trinajstić information content (AvgIpc) is 3.48. The molecule has 8 nitrogen and oxygen atoms in total. The number of hydrogen-bond donors (Lipinski definition) is 0. The Balaban J connectivity index is 1.37. The van der Waals surface area contributed by atoms with Crippen molar-refractivity contribution in [3.8, 4) is 23.1 Å². The predicted octanol–water partition coefficient (Wildman–Crippen LogP) is 5.58. The van der Waals surface area contributed by atoms with Gasteiger partial charge in [0, 0.05) is 11.2 Å². The number of benzene rings is 2. The Morgan fingerprint density at radius 3 is 2.82 bits per heavy atom. The number of thioether (sulfide) groups is 1. The zero-order chi connectivity index (χ0) is 26.4. The van der Waals surface area contributed by atoms with Gasteiger partial charge in [-0.1, -0.05) is 47.7 Å². The number of ether oxygens (including phenoxy) is 3. The van der Waals surface area contributed by atoms with Gasteiger partial charge >= 0.3 is 0 Å². The summed E-state index contributed by atoms with van der Waals surface area (Å²) in [5.41, 5.74) is 1.81. The van der Waals surface area contributed by atoms with E-state index >= 15 is 0 Å². The van der Waals surface area contributed by atoms with Crippen molar-refractivity contribution in [1.29, 1.82) is 0 Å². The first-order chi connectivity index (χ1) is 18.4. The van der Waals surface area contributed by atoms with Gasteiger partial charge in [0.2, 0.25) is 12.7 Å². The highest BCUT2D eigenvalue weighted by Crippen LogP contribution is 2.37. The highest BCUT2D eigenvalue weighted by Gasteiger charge is 2.33. The van der Waals surface area contributed by atoms with Gasteiger partial charge in [-0.25, -0.2) is 0 Å². The molecule has 0 N–H and O–H groups in total. The minimum absolute atomic E-state index is 0.0731. The highest BCUT2D eigenvalue weighted by atomic mass is 35.5. The quantitative estimate of drug-likeness (QED) is 0.230. The monoisotopic (exact) mass is 563 g/mol. The number of carbonyl (C=O) groups is 1. The van der Waals surface area contributed by atoms with Gasteiger partial charge in [-0.15, -0.1) is 0 Å².